The Balaban J connectivity index is 0. The SMILES string of the molecule is C/C=C\NC.C=CC1=C(C(=C)C)[C@@H](C)[C@H](C)C1.CC. The third kappa shape index (κ3) is 7.05. The van der Waals surface area contributed by atoms with E-state index in [-0.39, 0.29) is 0 Å². The molecule has 2 atom stereocenters. The van der Waals surface area contributed by atoms with Gasteiger partial charge in [-0.05, 0) is 49.5 Å². The molecule has 0 fully saturated rings. The standard InChI is InChI=1S/C12H18.C4H9N.C2H6/c1-6-11-7-9(4)10(5)12(11)8(2)3;1-3-4-5-2;1-2/h6,9-10H,1-2,7H2,3-5H3;3-5H,1-2H3;1-2H3/b;4-3-;/t9-,10+;;/m1../s1. The van der Waals surface area contributed by atoms with Crippen LogP contribution in [0.25, 0.3) is 0 Å². The predicted octanol–water partition coefficient (Wildman–Crippen LogP) is 5.49. The van der Waals surface area contributed by atoms with Gasteiger partial charge in [0.1, 0.15) is 0 Å². The summed E-state index contributed by atoms with van der Waals surface area (Å²) in [7, 11) is 1.88. The van der Waals surface area contributed by atoms with Gasteiger partial charge in [0, 0.05) is 7.05 Å². The van der Waals surface area contributed by atoms with Gasteiger partial charge in [-0.1, -0.05) is 58.6 Å². The highest BCUT2D eigenvalue weighted by Gasteiger charge is 2.26. The molecular weight excluding hydrogens is 230 g/mol. The van der Waals surface area contributed by atoms with Crippen LogP contribution in [0, 0.1) is 11.8 Å². The monoisotopic (exact) mass is 263 g/mol. The molecule has 0 aromatic carbocycles. The van der Waals surface area contributed by atoms with Crippen molar-refractivity contribution in [3.8, 4) is 0 Å². The first-order chi connectivity index (χ1) is 8.99. The molecule has 0 bridgehead atoms. The van der Waals surface area contributed by atoms with Gasteiger partial charge in [0.2, 0.25) is 0 Å². The Hall–Kier alpha value is -1.24. The lowest BCUT2D eigenvalue weighted by atomic mass is 9.91. The van der Waals surface area contributed by atoms with Crippen molar-refractivity contribution in [2.45, 2.75) is 48.0 Å². The zero-order chi connectivity index (χ0) is 15.4. The molecule has 0 saturated carbocycles. The molecule has 0 radical (unpaired) electrons. The fourth-order valence-electron chi connectivity index (χ4n) is 2.23. The Labute approximate surface area is 121 Å². The summed E-state index contributed by atoms with van der Waals surface area (Å²) < 4.78 is 0. The number of allylic oxidation sites excluding steroid dienone is 5. The van der Waals surface area contributed by atoms with Crippen LogP contribution in [-0.2, 0) is 0 Å². The second-order valence-electron chi connectivity index (χ2n) is 4.68. The van der Waals surface area contributed by atoms with Crippen LogP contribution in [0.1, 0.15) is 48.0 Å². The van der Waals surface area contributed by atoms with Gasteiger partial charge in [0.15, 0.2) is 0 Å². The van der Waals surface area contributed by atoms with Crippen molar-refractivity contribution >= 4 is 0 Å². The normalized spacial score (nSPS) is 21.2. The van der Waals surface area contributed by atoms with Gasteiger partial charge in [-0.25, -0.2) is 0 Å². The minimum atomic E-state index is 0.662. The summed E-state index contributed by atoms with van der Waals surface area (Å²) in [6.07, 6.45) is 6.98. The summed E-state index contributed by atoms with van der Waals surface area (Å²) in [4.78, 5) is 0. The van der Waals surface area contributed by atoms with Crippen LogP contribution >= 0.6 is 0 Å². The molecule has 1 aliphatic rings. The molecule has 0 amide bonds. The highest BCUT2D eigenvalue weighted by Crippen LogP contribution is 2.40. The van der Waals surface area contributed by atoms with E-state index in [9.17, 15) is 0 Å². The van der Waals surface area contributed by atoms with E-state index in [2.05, 4.69) is 39.2 Å². The molecule has 1 heteroatoms. The lowest BCUT2D eigenvalue weighted by Crippen LogP contribution is -2.03. The minimum Gasteiger partial charge on any atom is -0.394 e. The van der Waals surface area contributed by atoms with Crippen LogP contribution in [0.2, 0.25) is 0 Å². The molecule has 1 aliphatic carbocycles. The van der Waals surface area contributed by atoms with E-state index in [1.807, 2.05) is 46.2 Å². The Morgan fingerprint density at radius 1 is 1.32 bits per heavy atom. The van der Waals surface area contributed by atoms with Gasteiger partial charge in [0.25, 0.3) is 0 Å². The van der Waals surface area contributed by atoms with Crippen molar-refractivity contribution in [2.75, 3.05) is 7.05 Å². The lowest BCUT2D eigenvalue weighted by molar-refractivity contribution is 0.483. The second-order valence-corrected chi connectivity index (χ2v) is 4.68. The van der Waals surface area contributed by atoms with Gasteiger partial charge < -0.3 is 5.32 Å². The summed E-state index contributed by atoms with van der Waals surface area (Å²) in [5.41, 5.74) is 4.06. The van der Waals surface area contributed by atoms with E-state index in [0.29, 0.717) is 5.92 Å². The molecule has 0 unspecified atom stereocenters. The summed E-state index contributed by atoms with van der Waals surface area (Å²) in [6, 6.07) is 0. The number of hydrogen-bond acceptors (Lipinski definition) is 1. The van der Waals surface area contributed by atoms with Crippen LogP contribution in [0.5, 0.6) is 0 Å². The van der Waals surface area contributed by atoms with Gasteiger partial charge in [-0.2, -0.15) is 0 Å². The van der Waals surface area contributed by atoms with Crippen molar-refractivity contribution in [1.82, 2.24) is 5.32 Å². The fraction of sp³-hybridized carbons (Fsp3) is 0.556. The second kappa shape index (κ2) is 11.8. The topological polar surface area (TPSA) is 12.0 Å². The number of hydrogen-bond donors (Lipinski definition) is 1. The molecule has 19 heavy (non-hydrogen) atoms. The zero-order valence-electron chi connectivity index (χ0n) is 14.0. The summed E-state index contributed by atoms with van der Waals surface area (Å²) in [6.45, 7) is 20.5. The largest absolute Gasteiger partial charge is 0.394 e. The van der Waals surface area contributed by atoms with E-state index in [0.717, 1.165) is 5.92 Å². The first-order valence-corrected chi connectivity index (χ1v) is 7.29. The average molecular weight is 263 g/mol. The molecule has 1 N–H and O–H groups in total. The van der Waals surface area contributed by atoms with Crippen molar-refractivity contribution in [3.63, 3.8) is 0 Å². The third-order valence-corrected chi connectivity index (χ3v) is 3.24. The molecular formula is C18H33N. The predicted molar refractivity (Wildman–Crippen MR) is 90.2 cm³/mol. The molecule has 1 nitrogen and oxygen atoms in total. The van der Waals surface area contributed by atoms with Crippen molar-refractivity contribution in [3.05, 3.63) is 48.2 Å². The Morgan fingerprint density at radius 3 is 2.05 bits per heavy atom. The van der Waals surface area contributed by atoms with Crippen LogP contribution in [-0.4, -0.2) is 7.05 Å². The van der Waals surface area contributed by atoms with Crippen molar-refractivity contribution in [1.29, 1.82) is 0 Å². The molecule has 0 aromatic heterocycles. The van der Waals surface area contributed by atoms with Crippen molar-refractivity contribution < 1.29 is 0 Å². The zero-order valence-corrected chi connectivity index (χ0v) is 14.0. The molecule has 110 valence electrons. The summed E-state index contributed by atoms with van der Waals surface area (Å²) in [5, 5.41) is 2.84. The Bertz CT molecular complexity index is 321. The fourth-order valence-corrected chi connectivity index (χ4v) is 2.23. The lowest BCUT2D eigenvalue weighted by Gasteiger charge is -2.13. The maximum atomic E-state index is 4.01. The van der Waals surface area contributed by atoms with E-state index in [1.165, 1.54) is 23.1 Å². The highest BCUT2D eigenvalue weighted by atomic mass is 14.8. The quantitative estimate of drug-likeness (QED) is 0.710. The van der Waals surface area contributed by atoms with Gasteiger partial charge in [-0.3, -0.25) is 0 Å². The number of nitrogens with one attached hydrogen (secondary N) is 1. The summed E-state index contributed by atoms with van der Waals surface area (Å²) in [5.74, 6) is 1.42. The van der Waals surface area contributed by atoms with Crippen LogP contribution in [0.4, 0.5) is 0 Å². The molecule has 0 spiro atoms. The van der Waals surface area contributed by atoms with E-state index < -0.39 is 0 Å². The van der Waals surface area contributed by atoms with E-state index >= 15 is 0 Å². The van der Waals surface area contributed by atoms with E-state index in [1.54, 1.807) is 0 Å². The van der Waals surface area contributed by atoms with Crippen LogP contribution in [0.3, 0.4) is 0 Å². The first-order valence-electron chi connectivity index (χ1n) is 7.29. The molecule has 0 aliphatic heterocycles. The van der Waals surface area contributed by atoms with Gasteiger partial charge in [0.05, 0.1) is 0 Å². The molecule has 0 aromatic rings. The van der Waals surface area contributed by atoms with Crippen LogP contribution < -0.4 is 5.32 Å². The maximum Gasteiger partial charge on any atom is 0.00276 e. The summed E-state index contributed by atoms with van der Waals surface area (Å²) >= 11 is 0. The Kier molecular flexibility index (Phi) is 12.5. The molecule has 0 heterocycles. The minimum absolute atomic E-state index is 0.662. The Morgan fingerprint density at radius 2 is 1.84 bits per heavy atom. The van der Waals surface area contributed by atoms with E-state index in [4.69, 9.17) is 0 Å². The smallest absolute Gasteiger partial charge is 0.00276 e. The number of rotatable bonds is 3. The van der Waals surface area contributed by atoms with Crippen molar-refractivity contribution in [2.24, 2.45) is 11.8 Å². The maximum absolute atomic E-state index is 4.01. The van der Waals surface area contributed by atoms with Crippen LogP contribution in [0.15, 0.2) is 48.2 Å². The first kappa shape index (κ1) is 20.1. The highest BCUT2D eigenvalue weighted by molar-refractivity contribution is 5.42. The average Bonchev–Trinajstić information content (AvgIpc) is 2.69. The molecule has 1 rings (SSSR count). The van der Waals surface area contributed by atoms with Gasteiger partial charge >= 0.3 is 0 Å². The van der Waals surface area contributed by atoms with Gasteiger partial charge in [-0.15, -0.1) is 0 Å². The third-order valence-electron chi connectivity index (χ3n) is 3.24. The molecule has 0 saturated heterocycles.